The van der Waals surface area contributed by atoms with Crippen LogP contribution in [0.1, 0.15) is 5.56 Å². The summed E-state index contributed by atoms with van der Waals surface area (Å²) in [5.41, 5.74) is 0.296. The van der Waals surface area contributed by atoms with Gasteiger partial charge in [-0.3, -0.25) is 0 Å². The van der Waals surface area contributed by atoms with Gasteiger partial charge in [0.25, 0.3) is 0 Å². The maximum absolute atomic E-state index is 13.5. The fourth-order valence-corrected chi connectivity index (χ4v) is 2.15. The highest BCUT2D eigenvalue weighted by atomic mass is 35.5. The molecule has 0 atom stereocenters. The molecule has 94 valence electrons. The van der Waals surface area contributed by atoms with Crippen LogP contribution in [0.5, 0.6) is 11.5 Å². The van der Waals surface area contributed by atoms with Crippen molar-refractivity contribution in [3.63, 3.8) is 0 Å². The van der Waals surface area contributed by atoms with Gasteiger partial charge in [-0.2, -0.15) is 0 Å². The van der Waals surface area contributed by atoms with Gasteiger partial charge < -0.3 is 4.74 Å². The summed E-state index contributed by atoms with van der Waals surface area (Å²) in [6.45, 7) is 0. The third kappa shape index (κ3) is 2.89. The van der Waals surface area contributed by atoms with Crippen LogP contribution < -0.4 is 4.74 Å². The van der Waals surface area contributed by atoms with Gasteiger partial charge in [-0.25, -0.2) is 4.39 Å². The Hall–Kier alpha value is -0.960. The van der Waals surface area contributed by atoms with E-state index in [0.29, 0.717) is 27.1 Å². The van der Waals surface area contributed by atoms with E-state index in [1.54, 1.807) is 30.3 Å². The fraction of sp³-hybridized carbons (Fsp3) is 0.0769. The lowest BCUT2D eigenvalue weighted by Crippen LogP contribution is -1.93. The lowest BCUT2D eigenvalue weighted by atomic mass is 10.2. The van der Waals surface area contributed by atoms with Crippen LogP contribution in [0, 0.1) is 5.82 Å². The number of hydrogen-bond donors (Lipinski definition) is 0. The Morgan fingerprint density at radius 2 is 1.83 bits per heavy atom. The molecule has 0 bridgehead atoms. The smallest absolute Gasteiger partial charge is 0.146 e. The number of benzene rings is 2. The van der Waals surface area contributed by atoms with Gasteiger partial charge in [0.2, 0.25) is 0 Å². The highest BCUT2D eigenvalue weighted by Gasteiger charge is 2.11. The van der Waals surface area contributed by atoms with E-state index in [1.165, 1.54) is 6.07 Å². The van der Waals surface area contributed by atoms with E-state index >= 15 is 0 Å². The largest absolute Gasteiger partial charge is 0.455 e. The van der Waals surface area contributed by atoms with Crippen LogP contribution >= 0.6 is 34.8 Å². The Kier molecular flexibility index (Phi) is 4.33. The summed E-state index contributed by atoms with van der Waals surface area (Å²) in [4.78, 5) is 0. The maximum Gasteiger partial charge on any atom is 0.146 e. The molecule has 0 aliphatic rings. The van der Waals surface area contributed by atoms with Gasteiger partial charge in [-0.15, -0.1) is 11.6 Å². The van der Waals surface area contributed by atoms with Gasteiger partial charge in [-0.05, 0) is 30.3 Å². The molecule has 0 unspecified atom stereocenters. The minimum Gasteiger partial charge on any atom is -0.455 e. The lowest BCUT2D eigenvalue weighted by molar-refractivity contribution is 0.470. The average Bonchev–Trinajstić information content (AvgIpc) is 2.33. The summed E-state index contributed by atoms with van der Waals surface area (Å²) in [7, 11) is 0. The van der Waals surface area contributed by atoms with Gasteiger partial charge in [0, 0.05) is 10.6 Å². The van der Waals surface area contributed by atoms with Crippen LogP contribution in [0.2, 0.25) is 10.0 Å². The van der Waals surface area contributed by atoms with Crippen molar-refractivity contribution >= 4 is 34.8 Å². The van der Waals surface area contributed by atoms with Crippen LogP contribution in [0.4, 0.5) is 4.39 Å². The van der Waals surface area contributed by atoms with Gasteiger partial charge >= 0.3 is 0 Å². The van der Waals surface area contributed by atoms with Crippen molar-refractivity contribution in [3.05, 3.63) is 57.8 Å². The van der Waals surface area contributed by atoms with Crippen molar-refractivity contribution in [2.24, 2.45) is 0 Å². The summed E-state index contributed by atoms with van der Waals surface area (Å²) < 4.78 is 19.1. The summed E-state index contributed by atoms with van der Waals surface area (Å²) >= 11 is 17.5. The molecule has 0 saturated heterocycles. The van der Waals surface area contributed by atoms with E-state index in [9.17, 15) is 4.39 Å². The first-order chi connectivity index (χ1) is 8.61. The second-order valence-corrected chi connectivity index (χ2v) is 4.64. The summed E-state index contributed by atoms with van der Waals surface area (Å²) in [6, 6.07) is 9.32. The first-order valence-electron chi connectivity index (χ1n) is 5.08. The third-order valence-corrected chi connectivity index (χ3v) is 3.12. The minimum atomic E-state index is -0.410. The van der Waals surface area contributed by atoms with Gasteiger partial charge in [0.05, 0.1) is 10.9 Å². The normalized spacial score (nSPS) is 10.4. The Bertz CT molecular complexity index is 572. The summed E-state index contributed by atoms with van der Waals surface area (Å²) in [5, 5.41) is 0.858. The van der Waals surface area contributed by atoms with E-state index in [1.807, 2.05) is 0 Å². The highest BCUT2D eigenvalue weighted by Crippen LogP contribution is 2.34. The fourth-order valence-electron chi connectivity index (χ4n) is 1.44. The van der Waals surface area contributed by atoms with Crippen LogP contribution in [-0.2, 0) is 5.88 Å². The highest BCUT2D eigenvalue weighted by molar-refractivity contribution is 6.35. The number of alkyl halides is 1. The van der Waals surface area contributed by atoms with E-state index in [2.05, 4.69) is 0 Å². The zero-order valence-corrected chi connectivity index (χ0v) is 11.4. The molecule has 0 aromatic heterocycles. The van der Waals surface area contributed by atoms with E-state index < -0.39 is 5.82 Å². The molecule has 0 spiro atoms. The number of hydrogen-bond acceptors (Lipinski definition) is 1. The van der Waals surface area contributed by atoms with Crippen molar-refractivity contribution in [2.75, 3.05) is 0 Å². The molecule has 0 fully saturated rings. The average molecular weight is 306 g/mol. The van der Waals surface area contributed by atoms with E-state index in [0.717, 1.165) is 0 Å². The zero-order valence-electron chi connectivity index (χ0n) is 9.09. The van der Waals surface area contributed by atoms with Gasteiger partial charge in [0.1, 0.15) is 17.3 Å². The van der Waals surface area contributed by atoms with Crippen molar-refractivity contribution in [1.82, 2.24) is 0 Å². The van der Waals surface area contributed by atoms with Crippen molar-refractivity contribution < 1.29 is 9.13 Å². The van der Waals surface area contributed by atoms with Crippen LogP contribution in [-0.4, -0.2) is 0 Å². The molecule has 0 aliphatic carbocycles. The molecule has 0 aliphatic heterocycles. The Labute approximate surface area is 119 Å². The Balaban J connectivity index is 2.37. The number of rotatable bonds is 3. The van der Waals surface area contributed by atoms with E-state index in [-0.39, 0.29) is 5.88 Å². The van der Waals surface area contributed by atoms with Crippen molar-refractivity contribution in [3.8, 4) is 11.5 Å². The standard InChI is InChI=1S/C13H8Cl3FO/c14-7-9-11(17)2-1-3-12(9)18-13-5-4-8(15)6-10(13)16/h1-6H,7H2. The Morgan fingerprint density at radius 3 is 2.50 bits per heavy atom. The molecule has 0 heterocycles. The predicted molar refractivity (Wildman–Crippen MR) is 72.5 cm³/mol. The van der Waals surface area contributed by atoms with Crippen LogP contribution in [0.15, 0.2) is 36.4 Å². The molecule has 0 N–H and O–H groups in total. The topological polar surface area (TPSA) is 9.23 Å². The van der Waals surface area contributed by atoms with Gasteiger partial charge in [-0.1, -0.05) is 29.3 Å². The zero-order chi connectivity index (χ0) is 13.1. The lowest BCUT2D eigenvalue weighted by Gasteiger charge is -2.11. The van der Waals surface area contributed by atoms with Crippen LogP contribution in [0.3, 0.4) is 0 Å². The molecule has 2 aromatic rings. The van der Waals surface area contributed by atoms with Crippen molar-refractivity contribution in [1.29, 1.82) is 0 Å². The predicted octanol–water partition coefficient (Wildman–Crippen LogP) is 5.66. The summed E-state index contributed by atoms with van der Waals surface area (Å²) in [6.07, 6.45) is 0. The second-order valence-electron chi connectivity index (χ2n) is 3.53. The Morgan fingerprint density at radius 1 is 1.06 bits per heavy atom. The number of ether oxygens (including phenoxy) is 1. The molecule has 0 radical (unpaired) electrons. The molecule has 0 saturated carbocycles. The SMILES string of the molecule is Fc1cccc(Oc2ccc(Cl)cc2Cl)c1CCl. The molecule has 5 heteroatoms. The van der Waals surface area contributed by atoms with Crippen LogP contribution in [0.25, 0.3) is 0 Å². The quantitative estimate of drug-likeness (QED) is 0.664. The van der Waals surface area contributed by atoms with E-state index in [4.69, 9.17) is 39.5 Å². The summed E-state index contributed by atoms with van der Waals surface area (Å²) in [5.74, 6) is 0.354. The number of halogens is 4. The molecule has 2 rings (SSSR count). The van der Waals surface area contributed by atoms with Crippen molar-refractivity contribution in [2.45, 2.75) is 5.88 Å². The molecule has 2 aromatic carbocycles. The molecular formula is C13H8Cl3FO. The molecule has 0 amide bonds. The maximum atomic E-state index is 13.5. The molecule has 1 nitrogen and oxygen atoms in total. The first-order valence-corrected chi connectivity index (χ1v) is 6.37. The molecule has 18 heavy (non-hydrogen) atoms. The first kappa shape index (κ1) is 13.5. The monoisotopic (exact) mass is 304 g/mol. The molecular weight excluding hydrogens is 297 g/mol. The third-order valence-electron chi connectivity index (χ3n) is 2.32. The second kappa shape index (κ2) is 5.79. The van der Waals surface area contributed by atoms with Gasteiger partial charge in [0.15, 0.2) is 0 Å². The minimum absolute atomic E-state index is 0.0210.